The van der Waals surface area contributed by atoms with Crippen molar-refractivity contribution in [1.82, 2.24) is 9.55 Å². The summed E-state index contributed by atoms with van der Waals surface area (Å²) < 4.78 is 45.1. The monoisotopic (exact) mass is 324 g/mol. The van der Waals surface area contributed by atoms with Crippen molar-refractivity contribution in [3.8, 4) is 11.4 Å². The average molecular weight is 324 g/mol. The topological polar surface area (TPSA) is 27.1 Å². The largest absolute Gasteiger partial charge is 0.393 e. The van der Waals surface area contributed by atoms with Gasteiger partial charge in [-0.05, 0) is 30.4 Å². The molecule has 0 spiro atoms. The van der Waals surface area contributed by atoms with Gasteiger partial charge in [0, 0.05) is 37.7 Å². The van der Waals surface area contributed by atoms with Gasteiger partial charge >= 0.3 is 6.18 Å². The summed E-state index contributed by atoms with van der Waals surface area (Å²) in [6.07, 6.45) is 0.488. The zero-order chi connectivity index (χ0) is 16.3. The van der Waals surface area contributed by atoms with Gasteiger partial charge in [-0.25, -0.2) is 4.98 Å². The highest BCUT2D eigenvalue weighted by Gasteiger charge is 2.27. The first-order valence-electron chi connectivity index (χ1n) is 7.76. The molecule has 1 fully saturated rings. The fourth-order valence-corrected chi connectivity index (χ4v) is 2.98. The van der Waals surface area contributed by atoms with Gasteiger partial charge in [-0.3, -0.25) is 0 Å². The van der Waals surface area contributed by atoms with E-state index in [-0.39, 0.29) is 5.56 Å². The minimum absolute atomic E-state index is 0.260. The first kappa shape index (κ1) is 16.1. The highest BCUT2D eigenvalue weighted by atomic mass is 19.4. The Hall–Kier alpha value is -1.82. The van der Waals surface area contributed by atoms with E-state index in [1.807, 2.05) is 16.8 Å². The fourth-order valence-electron chi connectivity index (χ4n) is 2.98. The maximum absolute atomic E-state index is 12.6. The van der Waals surface area contributed by atoms with Gasteiger partial charge in [0.15, 0.2) is 0 Å². The van der Waals surface area contributed by atoms with Crippen molar-refractivity contribution in [2.75, 3.05) is 13.2 Å². The predicted octanol–water partition coefficient (Wildman–Crippen LogP) is 4.08. The van der Waals surface area contributed by atoms with Crippen molar-refractivity contribution in [3.05, 3.63) is 42.2 Å². The number of benzene rings is 1. The predicted molar refractivity (Wildman–Crippen MR) is 81.0 cm³/mol. The molecule has 3 nitrogen and oxygen atoms in total. The van der Waals surface area contributed by atoms with E-state index in [1.54, 1.807) is 18.3 Å². The van der Waals surface area contributed by atoms with Crippen molar-refractivity contribution < 1.29 is 17.9 Å². The summed E-state index contributed by atoms with van der Waals surface area (Å²) in [5, 5.41) is 0. The molecule has 0 atom stereocenters. The number of rotatable bonds is 4. The van der Waals surface area contributed by atoms with Crippen molar-refractivity contribution in [3.63, 3.8) is 0 Å². The van der Waals surface area contributed by atoms with Crippen molar-refractivity contribution >= 4 is 0 Å². The Balaban J connectivity index is 1.79. The summed E-state index contributed by atoms with van der Waals surface area (Å²) in [5.41, 5.74) is 0.986. The molecule has 0 bridgehead atoms. The Kier molecular flexibility index (Phi) is 4.71. The zero-order valence-electron chi connectivity index (χ0n) is 12.7. The molecule has 2 heterocycles. The van der Waals surface area contributed by atoms with Crippen LogP contribution in [0, 0.1) is 5.92 Å². The lowest BCUT2D eigenvalue weighted by atomic mass is 10.00. The summed E-state index contributed by atoms with van der Waals surface area (Å²) >= 11 is 0. The number of nitrogens with zero attached hydrogens (tertiary/aromatic N) is 2. The third-order valence-corrected chi connectivity index (χ3v) is 4.10. The van der Waals surface area contributed by atoms with Crippen LogP contribution in [0.1, 0.15) is 18.4 Å². The van der Waals surface area contributed by atoms with Crippen LogP contribution in [-0.4, -0.2) is 28.9 Å². The minimum atomic E-state index is -4.20. The van der Waals surface area contributed by atoms with Crippen LogP contribution in [0.3, 0.4) is 0 Å². The van der Waals surface area contributed by atoms with E-state index < -0.39 is 12.6 Å². The van der Waals surface area contributed by atoms with Gasteiger partial charge in [-0.1, -0.05) is 18.2 Å². The van der Waals surface area contributed by atoms with E-state index in [1.165, 1.54) is 6.07 Å². The molecular formula is C17H19F3N2O. The van der Waals surface area contributed by atoms with E-state index in [4.69, 9.17) is 4.74 Å². The van der Waals surface area contributed by atoms with E-state index in [2.05, 4.69) is 4.98 Å². The molecule has 0 amide bonds. The number of hydrogen-bond acceptors (Lipinski definition) is 2. The second kappa shape index (κ2) is 6.74. The highest BCUT2D eigenvalue weighted by molar-refractivity contribution is 5.56. The van der Waals surface area contributed by atoms with Gasteiger partial charge in [-0.2, -0.15) is 13.2 Å². The molecule has 0 saturated carbocycles. The van der Waals surface area contributed by atoms with Crippen LogP contribution in [-0.2, 0) is 17.7 Å². The van der Waals surface area contributed by atoms with E-state index in [9.17, 15) is 13.2 Å². The summed E-state index contributed by atoms with van der Waals surface area (Å²) in [6, 6.07) is 6.55. The molecular weight excluding hydrogens is 305 g/mol. The van der Waals surface area contributed by atoms with Gasteiger partial charge in [0.2, 0.25) is 0 Å². The van der Waals surface area contributed by atoms with Gasteiger partial charge < -0.3 is 9.30 Å². The van der Waals surface area contributed by atoms with Crippen LogP contribution in [0.2, 0.25) is 0 Å². The maximum atomic E-state index is 12.6. The molecule has 0 N–H and O–H groups in total. The van der Waals surface area contributed by atoms with Crippen LogP contribution in [0.4, 0.5) is 13.2 Å². The molecule has 0 aliphatic carbocycles. The molecule has 6 heteroatoms. The Morgan fingerprint density at radius 1 is 1.22 bits per heavy atom. The molecule has 124 valence electrons. The smallest absolute Gasteiger partial charge is 0.381 e. The van der Waals surface area contributed by atoms with E-state index >= 15 is 0 Å². The number of aromatic nitrogens is 2. The summed E-state index contributed by atoms with van der Waals surface area (Å²) in [4.78, 5) is 4.34. The summed E-state index contributed by atoms with van der Waals surface area (Å²) in [7, 11) is 0. The molecule has 2 aromatic rings. The van der Waals surface area contributed by atoms with E-state index in [0.29, 0.717) is 5.92 Å². The number of imidazole rings is 1. The molecule has 0 radical (unpaired) electrons. The lowest BCUT2D eigenvalue weighted by Crippen LogP contribution is -2.20. The summed E-state index contributed by atoms with van der Waals surface area (Å²) in [5.74, 6) is 1.25. The fraction of sp³-hybridized carbons (Fsp3) is 0.471. The minimum Gasteiger partial charge on any atom is -0.381 e. The maximum Gasteiger partial charge on any atom is 0.393 e. The van der Waals surface area contributed by atoms with Crippen LogP contribution < -0.4 is 0 Å². The lowest BCUT2D eigenvalue weighted by molar-refractivity contribution is -0.127. The second-order valence-electron chi connectivity index (χ2n) is 5.95. The number of alkyl halides is 3. The van der Waals surface area contributed by atoms with Crippen molar-refractivity contribution in [2.24, 2.45) is 5.92 Å². The molecule has 3 rings (SSSR count). The molecule has 1 aliphatic heterocycles. The first-order chi connectivity index (χ1) is 11.0. The summed E-state index contributed by atoms with van der Waals surface area (Å²) in [6.45, 7) is 2.37. The Morgan fingerprint density at radius 2 is 2.00 bits per heavy atom. The van der Waals surface area contributed by atoms with Crippen LogP contribution >= 0.6 is 0 Å². The normalized spacial score (nSPS) is 16.7. The SMILES string of the molecule is FC(F)(F)Cc1cccc(-c2nccn2CC2CCOCC2)c1. The molecule has 0 unspecified atom stereocenters. The van der Waals surface area contributed by atoms with Crippen molar-refractivity contribution in [1.29, 1.82) is 0 Å². The number of hydrogen-bond donors (Lipinski definition) is 0. The second-order valence-corrected chi connectivity index (χ2v) is 5.95. The average Bonchev–Trinajstić information content (AvgIpc) is 2.95. The van der Waals surface area contributed by atoms with Crippen LogP contribution in [0.15, 0.2) is 36.7 Å². The number of halogens is 3. The lowest BCUT2D eigenvalue weighted by Gasteiger charge is -2.23. The quantitative estimate of drug-likeness (QED) is 0.847. The standard InChI is InChI=1S/C17H19F3N2O/c18-17(19,20)11-14-2-1-3-15(10-14)16-21-6-7-22(16)12-13-4-8-23-9-5-13/h1-3,6-7,10,13H,4-5,8-9,11-12H2. The highest BCUT2D eigenvalue weighted by Crippen LogP contribution is 2.26. The van der Waals surface area contributed by atoms with Gasteiger partial charge in [0.05, 0.1) is 6.42 Å². The molecule has 1 saturated heterocycles. The molecule has 1 aliphatic rings. The molecule has 1 aromatic heterocycles. The van der Waals surface area contributed by atoms with Crippen LogP contribution in [0.25, 0.3) is 11.4 Å². The van der Waals surface area contributed by atoms with E-state index in [0.717, 1.165) is 44.0 Å². The molecule has 1 aromatic carbocycles. The van der Waals surface area contributed by atoms with Gasteiger partial charge in [0.25, 0.3) is 0 Å². The Morgan fingerprint density at radius 3 is 2.74 bits per heavy atom. The van der Waals surface area contributed by atoms with Crippen molar-refractivity contribution in [2.45, 2.75) is 32.0 Å². The third-order valence-electron chi connectivity index (χ3n) is 4.10. The zero-order valence-corrected chi connectivity index (χ0v) is 12.7. The first-order valence-corrected chi connectivity index (χ1v) is 7.76. The third kappa shape index (κ3) is 4.34. The Labute approximate surface area is 133 Å². The molecule has 23 heavy (non-hydrogen) atoms. The number of ether oxygens (including phenoxy) is 1. The van der Waals surface area contributed by atoms with Gasteiger partial charge in [-0.15, -0.1) is 0 Å². The van der Waals surface area contributed by atoms with Crippen LogP contribution in [0.5, 0.6) is 0 Å². The Bertz CT molecular complexity index is 645. The van der Waals surface area contributed by atoms with Gasteiger partial charge in [0.1, 0.15) is 5.82 Å².